The fraction of sp³-hybridized carbons (Fsp3) is 0.333. The van der Waals surface area contributed by atoms with Crippen molar-refractivity contribution in [1.29, 1.82) is 0 Å². The molecule has 7 nitrogen and oxygen atoms in total. The summed E-state index contributed by atoms with van der Waals surface area (Å²) >= 11 is 0. The van der Waals surface area contributed by atoms with Crippen LogP contribution in [0.4, 0.5) is 0 Å². The fourth-order valence-electron chi connectivity index (χ4n) is 3.51. The number of hydrogen-bond acceptors (Lipinski definition) is 6. The van der Waals surface area contributed by atoms with Crippen molar-refractivity contribution in [2.45, 2.75) is 13.0 Å². The third-order valence-electron chi connectivity index (χ3n) is 5.02. The lowest BCUT2D eigenvalue weighted by Gasteiger charge is -2.34. The summed E-state index contributed by atoms with van der Waals surface area (Å²) in [6.45, 7) is 5.34. The van der Waals surface area contributed by atoms with Crippen LogP contribution in [0, 0.1) is 6.92 Å². The summed E-state index contributed by atoms with van der Waals surface area (Å²) in [5.74, 6) is 0.627. The van der Waals surface area contributed by atoms with Gasteiger partial charge in [-0.3, -0.25) is 14.7 Å². The number of hydrogen-bond donors (Lipinski definition) is 1. The quantitative estimate of drug-likeness (QED) is 0.734. The van der Waals surface area contributed by atoms with Gasteiger partial charge >= 0.3 is 0 Å². The number of rotatable bonds is 5. The number of carbonyl (C=O) groups excluding carboxylic acids is 1. The molecule has 1 aliphatic rings. The van der Waals surface area contributed by atoms with Crippen molar-refractivity contribution in [3.05, 3.63) is 65.9 Å². The molecule has 1 aliphatic heterocycles. The Kier molecular flexibility index (Phi) is 5.55. The molecule has 1 N–H and O–H groups in total. The molecule has 7 heteroatoms. The van der Waals surface area contributed by atoms with Crippen molar-refractivity contribution in [2.24, 2.45) is 0 Å². The minimum atomic E-state index is -0.107. The van der Waals surface area contributed by atoms with E-state index < -0.39 is 0 Å². The molecule has 1 unspecified atom stereocenters. The maximum absolute atomic E-state index is 12.9. The summed E-state index contributed by atoms with van der Waals surface area (Å²) < 4.78 is 5.48. The molecule has 1 saturated heterocycles. The highest BCUT2D eigenvalue weighted by molar-refractivity contribution is 6.06. The third kappa shape index (κ3) is 4.00. The van der Waals surface area contributed by atoms with Gasteiger partial charge in [-0.1, -0.05) is 12.1 Å². The van der Waals surface area contributed by atoms with Gasteiger partial charge in [0.2, 0.25) is 0 Å². The highest BCUT2D eigenvalue weighted by Crippen LogP contribution is 2.21. The summed E-state index contributed by atoms with van der Waals surface area (Å²) in [6, 6.07) is 9.37. The molecule has 1 fully saturated rings. The Balaban J connectivity index is 1.54. The van der Waals surface area contributed by atoms with Gasteiger partial charge in [-0.25, -0.2) is 9.97 Å². The number of aromatic nitrogens is 3. The zero-order chi connectivity index (χ0) is 19.3. The number of amides is 1. The standard InChI is InChI=1S/C21H23N5O2/c1-15-23-12-16(13-24-15)20(26-8-10-28-11-9-26)14-25-21(27)18-4-2-6-19-17(18)5-3-7-22-19/h2-7,12-13,20H,8-11,14H2,1H3,(H,25,27). The van der Waals surface area contributed by atoms with Gasteiger partial charge in [-0.05, 0) is 25.1 Å². The minimum absolute atomic E-state index is 0.00144. The SMILES string of the molecule is Cc1ncc(C(CNC(=O)c2cccc3ncccc23)N2CCOCC2)cn1. The van der Waals surface area contributed by atoms with Crippen molar-refractivity contribution in [3.63, 3.8) is 0 Å². The monoisotopic (exact) mass is 377 g/mol. The predicted octanol–water partition coefficient (Wildman–Crippen LogP) is 2.14. The Bertz CT molecular complexity index is 949. The van der Waals surface area contributed by atoms with E-state index in [2.05, 4.69) is 25.2 Å². The third-order valence-corrected chi connectivity index (χ3v) is 5.02. The number of ether oxygens (including phenoxy) is 1. The molecule has 1 amide bonds. The summed E-state index contributed by atoms with van der Waals surface area (Å²) in [7, 11) is 0. The number of pyridine rings is 1. The van der Waals surface area contributed by atoms with E-state index in [1.165, 1.54) is 0 Å². The average molecular weight is 377 g/mol. The van der Waals surface area contributed by atoms with Gasteiger partial charge in [-0.15, -0.1) is 0 Å². The first-order chi connectivity index (χ1) is 13.7. The number of aryl methyl sites for hydroxylation is 1. The molecule has 0 bridgehead atoms. The lowest BCUT2D eigenvalue weighted by Crippen LogP contribution is -2.44. The van der Waals surface area contributed by atoms with E-state index >= 15 is 0 Å². The van der Waals surface area contributed by atoms with Crippen LogP contribution in [0.15, 0.2) is 48.9 Å². The van der Waals surface area contributed by atoms with Gasteiger partial charge in [-0.2, -0.15) is 0 Å². The first-order valence-corrected chi connectivity index (χ1v) is 9.44. The molecule has 144 valence electrons. The molecular formula is C21H23N5O2. The zero-order valence-electron chi connectivity index (χ0n) is 15.8. The molecule has 0 saturated carbocycles. The largest absolute Gasteiger partial charge is 0.379 e. The van der Waals surface area contributed by atoms with E-state index in [1.54, 1.807) is 6.20 Å². The van der Waals surface area contributed by atoms with Crippen LogP contribution in [0.1, 0.15) is 27.8 Å². The number of nitrogens with one attached hydrogen (secondary N) is 1. The van der Waals surface area contributed by atoms with Gasteiger partial charge in [0.1, 0.15) is 5.82 Å². The van der Waals surface area contributed by atoms with Crippen LogP contribution >= 0.6 is 0 Å². The number of morpholine rings is 1. The fourth-order valence-corrected chi connectivity index (χ4v) is 3.51. The Morgan fingerprint density at radius 2 is 1.93 bits per heavy atom. The maximum Gasteiger partial charge on any atom is 0.252 e. The summed E-state index contributed by atoms with van der Waals surface area (Å²) in [6.07, 6.45) is 5.42. The van der Waals surface area contributed by atoms with Crippen LogP contribution in [-0.2, 0) is 4.74 Å². The van der Waals surface area contributed by atoms with Crippen LogP contribution < -0.4 is 5.32 Å². The second-order valence-electron chi connectivity index (χ2n) is 6.81. The van der Waals surface area contributed by atoms with E-state index in [-0.39, 0.29) is 11.9 Å². The van der Waals surface area contributed by atoms with Crippen molar-refractivity contribution in [3.8, 4) is 0 Å². The average Bonchev–Trinajstić information content (AvgIpc) is 2.75. The predicted molar refractivity (Wildman–Crippen MR) is 106 cm³/mol. The first kappa shape index (κ1) is 18.5. The highest BCUT2D eigenvalue weighted by atomic mass is 16.5. The molecule has 2 aromatic heterocycles. The molecule has 1 atom stereocenters. The number of fused-ring (bicyclic) bond motifs is 1. The van der Waals surface area contributed by atoms with Gasteiger partial charge in [0.25, 0.3) is 5.91 Å². The highest BCUT2D eigenvalue weighted by Gasteiger charge is 2.24. The maximum atomic E-state index is 12.9. The second kappa shape index (κ2) is 8.41. The molecule has 3 heterocycles. The van der Waals surface area contributed by atoms with Crippen molar-refractivity contribution < 1.29 is 9.53 Å². The lowest BCUT2D eigenvalue weighted by molar-refractivity contribution is 0.0161. The Morgan fingerprint density at radius 3 is 2.71 bits per heavy atom. The number of nitrogens with zero attached hydrogens (tertiary/aromatic N) is 4. The topological polar surface area (TPSA) is 80.2 Å². The number of carbonyl (C=O) groups is 1. The molecule has 28 heavy (non-hydrogen) atoms. The van der Waals surface area contributed by atoms with Crippen LogP contribution in [0.25, 0.3) is 10.9 Å². The van der Waals surface area contributed by atoms with Gasteiger partial charge in [0, 0.05) is 54.7 Å². The Morgan fingerprint density at radius 1 is 1.14 bits per heavy atom. The first-order valence-electron chi connectivity index (χ1n) is 9.44. The normalized spacial score (nSPS) is 16.0. The zero-order valence-corrected chi connectivity index (χ0v) is 15.8. The molecule has 0 spiro atoms. The van der Waals surface area contributed by atoms with Gasteiger partial charge in [0.05, 0.1) is 24.8 Å². The van der Waals surface area contributed by atoms with Crippen molar-refractivity contribution in [1.82, 2.24) is 25.2 Å². The summed E-state index contributed by atoms with van der Waals surface area (Å²) in [4.78, 5) is 28.2. The number of benzene rings is 1. The van der Waals surface area contributed by atoms with Crippen LogP contribution in [0.2, 0.25) is 0 Å². The second-order valence-corrected chi connectivity index (χ2v) is 6.81. The van der Waals surface area contributed by atoms with Crippen LogP contribution in [-0.4, -0.2) is 58.6 Å². The van der Waals surface area contributed by atoms with Crippen LogP contribution in [0.5, 0.6) is 0 Å². The van der Waals surface area contributed by atoms with E-state index in [4.69, 9.17) is 4.74 Å². The Hall–Kier alpha value is -2.90. The molecular weight excluding hydrogens is 354 g/mol. The van der Waals surface area contributed by atoms with Crippen molar-refractivity contribution >= 4 is 16.8 Å². The summed E-state index contributed by atoms with van der Waals surface area (Å²) in [5, 5.41) is 3.95. The Labute approximate surface area is 163 Å². The molecule has 0 radical (unpaired) electrons. The molecule has 4 rings (SSSR count). The minimum Gasteiger partial charge on any atom is -0.379 e. The van der Waals surface area contributed by atoms with Crippen LogP contribution in [0.3, 0.4) is 0 Å². The van der Waals surface area contributed by atoms with Gasteiger partial charge in [0.15, 0.2) is 0 Å². The van der Waals surface area contributed by atoms with Crippen molar-refractivity contribution in [2.75, 3.05) is 32.8 Å². The van der Waals surface area contributed by atoms with E-state index in [0.717, 1.165) is 35.4 Å². The van der Waals surface area contributed by atoms with E-state index in [9.17, 15) is 4.79 Å². The van der Waals surface area contributed by atoms with E-state index in [0.29, 0.717) is 25.3 Å². The summed E-state index contributed by atoms with van der Waals surface area (Å²) in [5.41, 5.74) is 2.44. The molecule has 0 aliphatic carbocycles. The van der Waals surface area contributed by atoms with E-state index in [1.807, 2.05) is 49.6 Å². The smallest absolute Gasteiger partial charge is 0.252 e. The molecule has 1 aromatic carbocycles. The molecule has 3 aromatic rings. The van der Waals surface area contributed by atoms with Gasteiger partial charge < -0.3 is 10.1 Å². The lowest BCUT2D eigenvalue weighted by atomic mass is 10.1.